The van der Waals surface area contributed by atoms with Crippen molar-refractivity contribution in [3.05, 3.63) is 22.8 Å². The van der Waals surface area contributed by atoms with Crippen molar-refractivity contribution in [2.45, 2.75) is 54.1 Å². The zero-order valence-corrected chi connectivity index (χ0v) is 13.8. The maximum absolute atomic E-state index is 5.38. The number of ether oxygens (including phenoxy) is 1. The van der Waals surface area contributed by atoms with Crippen molar-refractivity contribution in [1.82, 2.24) is 15.3 Å². The first kappa shape index (κ1) is 17.1. The molecule has 4 nitrogen and oxygen atoms in total. The molecule has 1 heterocycles. The van der Waals surface area contributed by atoms with Crippen LogP contribution in [-0.4, -0.2) is 29.7 Å². The third-order valence-electron chi connectivity index (χ3n) is 3.30. The minimum atomic E-state index is 0.426. The molecule has 0 spiro atoms. The molecule has 0 aliphatic carbocycles. The van der Waals surface area contributed by atoms with Crippen molar-refractivity contribution in [2.24, 2.45) is 5.92 Å². The van der Waals surface area contributed by atoms with Crippen molar-refractivity contribution >= 4 is 0 Å². The molecule has 0 aliphatic rings. The summed E-state index contributed by atoms with van der Waals surface area (Å²) >= 11 is 0. The smallest absolute Gasteiger partial charge is 0.154 e. The molecule has 1 atom stereocenters. The van der Waals surface area contributed by atoms with E-state index in [1.165, 1.54) is 5.56 Å². The van der Waals surface area contributed by atoms with E-state index in [0.29, 0.717) is 25.0 Å². The van der Waals surface area contributed by atoms with E-state index >= 15 is 0 Å². The number of hydrogen-bond acceptors (Lipinski definition) is 4. The van der Waals surface area contributed by atoms with Gasteiger partial charge in [-0.2, -0.15) is 0 Å². The number of aromatic nitrogens is 2. The topological polar surface area (TPSA) is 47.0 Å². The number of nitrogens with zero attached hydrogens (tertiary/aromatic N) is 2. The van der Waals surface area contributed by atoms with Crippen molar-refractivity contribution in [3.8, 4) is 0 Å². The lowest BCUT2D eigenvalue weighted by atomic mass is 9.98. The van der Waals surface area contributed by atoms with Crippen LogP contribution in [0.1, 0.15) is 56.4 Å². The fourth-order valence-electron chi connectivity index (χ4n) is 2.46. The maximum atomic E-state index is 5.38. The standard InChI is InChI=1S/C16H29N3O/c1-7-20-10-15-18-13(5)16(14(6)19-15)12(4)9-17-8-11(2)3/h11-12,17H,7-10H2,1-6H3. The van der Waals surface area contributed by atoms with Gasteiger partial charge in [0.2, 0.25) is 0 Å². The third-order valence-corrected chi connectivity index (χ3v) is 3.30. The van der Waals surface area contributed by atoms with Gasteiger partial charge < -0.3 is 10.1 Å². The second-order valence-corrected chi connectivity index (χ2v) is 5.81. The molecule has 0 saturated carbocycles. The molecule has 0 radical (unpaired) electrons. The SMILES string of the molecule is CCOCc1nc(C)c(C(C)CNCC(C)C)c(C)n1. The van der Waals surface area contributed by atoms with E-state index in [4.69, 9.17) is 4.74 Å². The lowest BCUT2D eigenvalue weighted by Crippen LogP contribution is -2.25. The summed E-state index contributed by atoms with van der Waals surface area (Å²) in [5.74, 6) is 1.89. The van der Waals surface area contributed by atoms with E-state index in [1.54, 1.807) is 0 Å². The van der Waals surface area contributed by atoms with Gasteiger partial charge in [0.15, 0.2) is 5.82 Å². The molecule has 0 bridgehead atoms. The molecule has 114 valence electrons. The predicted octanol–water partition coefficient (Wildman–Crippen LogP) is 2.98. The summed E-state index contributed by atoms with van der Waals surface area (Å²) in [5, 5.41) is 3.51. The molecule has 20 heavy (non-hydrogen) atoms. The van der Waals surface area contributed by atoms with Gasteiger partial charge >= 0.3 is 0 Å². The van der Waals surface area contributed by atoms with Gasteiger partial charge in [-0.25, -0.2) is 9.97 Å². The number of aryl methyl sites for hydroxylation is 2. The lowest BCUT2D eigenvalue weighted by molar-refractivity contribution is 0.128. The molecule has 4 heteroatoms. The Labute approximate surface area is 123 Å². The first-order valence-corrected chi connectivity index (χ1v) is 7.58. The Hall–Kier alpha value is -1.00. The van der Waals surface area contributed by atoms with E-state index in [9.17, 15) is 0 Å². The Balaban J connectivity index is 2.74. The minimum Gasteiger partial charge on any atom is -0.374 e. The quantitative estimate of drug-likeness (QED) is 0.794. The van der Waals surface area contributed by atoms with Crippen molar-refractivity contribution < 1.29 is 4.74 Å². The third kappa shape index (κ3) is 5.17. The Morgan fingerprint density at radius 3 is 2.15 bits per heavy atom. The minimum absolute atomic E-state index is 0.426. The molecule has 0 fully saturated rings. The molecule has 1 unspecified atom stereocenters. The number of rotatable bonds is 8. The molecule has 0 saturated heterocycles. The summed E-state index contributed by atoms with van der Waals surface area (Å²) in [6.45, 7) is 16.0. The van der Waals surface area contributed by atoms with Gasteiger partial charge in [-0.05, 0) is 44.7 Å². The highest BCUT2D eigenvalue weighted by Gasteiger charge is 2.15. The summed E-state index contributed by atoms with van der Waals surface area (Å²) in [5.41, 5.74) is 3.42. The van der Waals surface area contributed by atoms with Gasteiger partial charge in [-0.15, -0.1) is 0 Å². The Morgan fingerprint density at radius 2 is 1.65 bits per heavy atom. The monoisotopic (exact) mass is 279 g/mol. The van der Waals surface area contributed by atoms with Gasteiger partial charge in [0, 0.05) is 24.5 Å². The van der Waals surface area contributed by atoms with Crippen LogP contribution in [0.15, 0.2) is 0 Å². The van der Waals surface area contributed by atoms with E-state index < -0.39 is 0 Å². The Kier molecular flexibility index (Phi) is 7.10. The zero-order valence-electron chi connectivity index (χ0n) is 13.8. The van der Waals surface area contributed by atoms with Gasteiger partial charge in [0.25, 0.3) is 0 Å². The van der Waals surface area contributed by atoms with E-state index in [-0.39, 0.29) is 0 Å². The molecular formula is C16H29N3O. The fraction of sp³-hybridized carbons (Fsp3) is 0.750. The van der Waals surface area contributed by atoms with Gasteiger partial charge in [-0.1, -0.05) is 20.8 Å². The first-order valence-electron chi connectivity index (χ1n) is 7.58. The van der Waals surface area contributed by atoms with Gasteiger partial charge in [-0.3, -0.25) is 0 Å². The molecule has 1 N–H and O–H groups in total. The first-order chi connectivity index (χ1) is 9.45. The maximum Gasteiger partial charge on any atom is 0.154 e. The van der Waals surface area contributed by atoms with Crippen LogP contribution < -0.4 is 5.32 Å². The van der Waals surface area contributed by atoms with E-state index in [2.05, 4.69) is 49.9 Å². The molecular weight excluding hydrogens is 250 g/mol. The van der Waals surface area contributed by atoms with Crippen LogP contribution in [0.2, 0.25) is 0 Å². The van der Waals surface area contributed by atoms with Crippen LogP contribution in [0.25, 0.3) is 0 Å². The zero-order chi connectivity index (χ0) is 15.1. The van der Waals surface area contributed by atoms with E-state index in [1.807, 2.05) is 6.92 Å². The second kappa shape index (κ2) is 8.32. The average Bonchev–Trinajstić information content (AvgIpc) is 2.35. The normalized spacial score (nSPS) is 12.9. The van der Waals surface area contributed by atoms with E-state index in [0.717, 1.165) is 30.3 Å². The predicted molar refractivity (Wildman–Crippen MR) is 83.0 cm³/mol. The fourth-order valence-corrected chi connectivity index (χ4v) is 2.46. The summed E-state index contributed by atoms with van der Waals surface area (Å²) in [6.07, 6.45) is 0. The molecule has 0 amide bonds. The summed E-state index contributed by atoms with van der Waals surface area (Å²) in [6, 6.07) is 0. The second-order valence-electron chi connectivity index (χ2n) is 5.81. The van der Waals surface area contributed by atoms with Crippen LogP contribution in [0.4, 0.5) is 0 Å². The largest absolute Gasteiger partial charge is 0.374 e. The molecule has 1 aromatic heterocycles. The lowest BCUT2D eigenvalue weighted by Gasteiger charge is -2.18. The molecule has 0 aromatic carbocycles. The van der Waals surface area contributed by atoms with Crippen LogP contribution in [0.5, 0.6) is 0 Å². The van der Waals surface area contributed by atoms with Crippen LogP contribution >= 0.6 is 0 Å². The average molecular weight is 279 g/mol. The van der Waals surface area contributed by atoms with Gasteiger partial charge in [0.1, 0.15) is 6.61 Å². The summed E-state index contributed by atoms with van der Waals surface area (Å²) < 4.78 is 5.38. The van der Waals surface area contributed by atoms with Gasteiger partial charge in [0.05, 0.1) is 0 Å². The summed E-state index contributed by atoms with van der Waals surface area (Å²) in [7, 11) is 0. The van der Waals surface area contributed by atoms with Crippen molar-refractivity contribution in [1.29, 1.82) is 0 Å². The van der Waals surface area contributed by atoms with Crippen molar-refractivity contribution in [3.63, 3.8) is 0 Å². The number of nitrogens with one attached hydrogen (secondary N) is 1. The number of hydrogen-bond donors (Lipinski definition) is 1. The van der Waals surface area contributed by atoms with Crippen molar-refractivity contribution in [2.75, 3.05) is 19.7 Å². The highest BCUT2D eigenvalue weighted by molar-refractivity contribution is 5.28. The Morgan fingerprint density at radius 1 is 1.05 bits per heavy atom. The van der Waals surface area contributed by atoms with Crippen LogP contribution in [-0.2, 0) is 11.3 Å². The summed E-state index contributed by atoms with van der Waals surface area (Å²) in [4.78, 5) is 9.14. The molecule has 1 rings (SSSR count). The highest BCUT2D eigenvalue weighted by Crippen LogP contribution is 2.21. The van der Waals surface area contributed by atoms with Crippen LogP contribution in [0.3, 0.4) is 0 Å². The Bertz CT molecular complexity index is 395. The van der Waals surface area contributed by atoms with Crippen LogP contribution in [0, 0.1) is 19.8 Å². The molecule has 0 aliphatic heterocycles. The molecule has 1 aromatic rings. The highest BCUT2D eigenvalue weighted by atomic mass is 16.5.